The Morgan fingerprint density at radius 2 is 1.88 bits per heavy atom. The smallest absolute Gasteiger partial charge is 0.416 e. The van der Waals surface area contributed by atoms with Crippen LogP contribution in [-0.4, -0.2) is 22.8 Å². The molecule has 0 fully saturated rings. The van der Waals surface area contributed by atoms with Crippen LogP contribution in [0.5, 0.6) is 0 Å². The Morgan fingerprint density at radius 3 is 2.41 bits per heavy atom. The summed E-state index contributed by atoms with van der Waals surface area (Å²) in [7, 11) is 0. The molecule has 0 radical (unpaired) electrons. The molecule has 3 rings (SSSR count). The first-order valence-corrected chi connectivity index (χ1v) is 10.5. The zero-order valence-electron chi connectivity index (χ0n) is 17.1. The van der Waals surface area contributed by atoms with Crippen molar-refractivity contribution in [2.45, 2.75) is 38.4 Å². The van der Waals surface area contributed by atoms with E-state index in [0.717, 1.165) is 22.2 Å². The molecule has 2 aromatic rings. The summed E-state index contributed by atoms with van der Waals surface area (Å²) in [5.41, 5.74) is -2.46. The van der Waals surface area contributed by atoms with Crippen LogP contribution in [0.15, 0.2) is 51.9 Å². The number of alkyl halides is 3. The maximum absolute atomic E-state index is 13.8. The lowest BCUT2D eigenvalue weighted by atomic mass is 9.60. The molecule has 0 bridgehead atoms. The van der Waals surface area contributed by atoms with Gasteiger partial charge >= 0.3 is 12.1 Å². The minimum absolute atomic E-state index is 0.171. The fourth-order valence-electron chi connectivity index (χ4n) is 4.24. The average molecular weight is 511 g/mol. The number of aliphatic imine (C=N–C) groups is 1. The van der Waals surface area contributed by atoms with Gasteiger partial charge in [-0.3, -0.25) is 9.79 Å². The maximum atomic E-state index is 13.8. The highest BCUT2D eigenvalue weighted by Crippen LogP contribution is 2.51. The summed E-state index contributed by atoms with van der Waals surface area (Å²) in [5.74, 6) is -5.11. The van der Waals surface area contributed by atoms with Gasteiger partial charge in [-0.05, 0) is 49.2 Å². The predicted molar refractivity (Wildman–Crippen MR) is 114 cm³/mol. The first-order chi connectivity index (χ1) is 14.9. The number of halogens is 5. The van der Waals surface area contributed by atoms with Crippen LogP contribution in [0.2, 0.25) is 0 Å². The van der Waals surface area contributed by atoms with Gasteiger partial charge in [-0.1, -0.05) is 34.1 Å². The van der Waals surface area contributed by atoms with Crippen LogP contribution in [0, 0.1) is 28.5 Å². The Morgan fingerprint density at radius 1 is 1.25 bits per heavy atom. The molecule has 4 atom stereocenters. The molecule has 0 aromatic heterocycles. The minimum Gasteiger partial charge on any atom is -0.481 e. The van der Waals surface area contributed by atoms with Crippen molar-refractivity contribution in [2.24, 2.45) is 16.3 Å². The predicted octanol–water partition coefficient (Wildman–Crippen LogP) is 6.01. The second-order valence-electron chi connectivity index (χ2n) is 8.00. The van der Waals surface area contributed by atoms with Crippen molar-refractivity contribution in [1.82, 2.24) is 0 Å². The summed E-state index contributed by atoms with van der Waals surface area (Å²) in [6.07, 6.45) is -4.76. The Bertz CT molecular complexity index is 1110. The molecule has 1 aliphatic heterocycles. The molecule has 1 heterocycles. The number of benzene rings is 2. The fraction of sp³-hybridized carbons (Fsp3) is 0.348. The van der Waals surface area contributed by atoms with E-state index in [1.54, 1.807) is 24.3 Å². The Balaban J connectivity index is 2.22. The van der Waals surface area contributed by atoms with Gasteiger partial charge in [0.25, 0.3) is 0 Å². The molecule has 1 aliphatic rings. The van der Waals surface area contributed by atoms with Gasteiger partial charge in [-0.15, -0.1) is 0 Å². The number of nitriles is 1. The number of carbonyl (C=O) groups is 1. The third kappa shape index (κ3) is 4.29. The standard InChI is InChI=1S/C23H19BrF4N2O2/c1-12-22(2,21(31)32)20(16-8-7-15(25)10-18(16)23(26,27)28)17(11-29)19(30-12)9-13-3-5-14(24)6-4-13/h3-8,10,12,17,20H,9H2,1-2H3,(H,31,32). The molecular formula is C23H19BrF4N2O2. The van der Waals surface area contributed by atoms with Crippen LogP contribution < -0.4 is 0 Å². The summed E-state index contributed by atoms with van der Waals surface area (Å²) in [6.45, 7) is 2.80. The number of rotatable bonds is 4. The lowest BCUT2D eigenvalue weighted by Crippen LogP contribution is -2.51. The molecule has 4 nitrogen and oxygen atoms in total. The van der Waals surface area contributed by atoms with Gasteiger partial charge in [0.2, 0.25) is 0 Å². The first-order valence-electron chi connectivity index (χ1n) is 9.70. The van der Waals surface area contributed by atoms with Crippen molar-refractivity contribution >= 4 is 27.6 Å². The maximum Gasteiger partial charge on any atom is 0.416 e. The van der Waals surface area contributed by atoms with Crippen LogP contribution in [0.25, 0.3) is 0 Å². The van der Waals surface area contributed by atoms with E-state index in [2.05, 4.69) is 20.9 Å². The van der Waals surface area contributed by atoms with Crippen molar-refractivity contribution < 1.29 is 27.5 Å². The number of nitrogens with zero attached hydrogens (tertiary/aromatic N) is 2. The molecule has 0 spiro atoms. The van der Waals surface area contributed by atoms with Crippen molar-refractivity contribution in [3.05, 3.63) is 69.4 Å². The normalized spacial score (nSPS) is 25.7. The second-order valence-corrected chi connectivity index (χ2v) is 8.92. The summed E-state index contributed by atoms with van der Waals surface area (Å²) in [4.78, 5) is 16.8. The van der Waals surface area contributed by atoms with Crippen molar-refractivity contribution in [3.63, 3.8) is 0 Å². The second kappa shape index (κ2) is 8.66. The molecule has 0 saturated heterocycles. The van der Waals surface area contributed by atoms with Crippen LogP contribution in [0.4, 0.5) is 17.6 Å². The van der Waals surface area contributed by atoms with Crippen LogP contribution in [0.3, 0.4) is 0 Å². The van der Waals surface area contributed by atoms with Crippen molar-refractivity contribution in [3.8, 4) is 6.07 Å². The number of carboxylic acids is 1. The summed E-state index contributed by atoms with van der Waals surface area (Å²) in [6, 6.07) is 10.3. The zero-order valence-corrected chi connectivity index (χ0v) is 18.7. The number of aliphatic carboxylic acids is 1. The van der Waals surface area contributed by atoms with E-state index in [1.165, 1.54) is 13.8 Å². The van der Waals surface area contributed by atoms with E-state index in [1.807, 2.05) is 6.07 Å². The monoisotopic (exact) mass is 510 g/mol. The number of hydrogen-bond donors (Lipinski definition) is 1. The Labute approximate surface area is 190 Å². The molecule has 9 heteroatoms. The van der Waals surface area contributed by atoms with E-state index in [-0.39, 0.29) is 6.42 Å². The molecule has 168 valence electrons. The largest absolute Gasteiger partial charge is 0.481 e. The van der Waals surface area contributed by atoms with Crippen LogP contribution in [-0.2, 0) is 17.4 Å². The third-order valence-electron chi connectivity index (χ3n) is 6.12. The summed E-state index contributed by atoms with van der Waals surface area (Å²) < 4.78 is 56.0. The van der Waals surface area contributed by atoms with E-state index in [9.17, 15) is 32.7 Å². The molecule has 4 unspecified atom stereocenters. The van der Waals surface area contributed by atoms with Gasteiger partial charge in [0.1, 0.15) is 5.82 Å². The summed E-state index contributed by atoms with van der Waals surface area (Å²) >= 11 is 3.32. The summed E-state index contributed by atoms with van der Waals surface area (Å²) in [5, 5.41) is 20.0. The molecule has 32 heavy (non-hydrogen) atoms. The minimum atomic E-state index is -4.93. The van der Waals surface area contributed by atoms with Crippen LogP contribution in [0.1, 0.15) is 36.5 Å². The Kier molecular flexibility index (Phi) is 6.47. The highest BCUT2D eigenvalue weighted by molar-refractivity contribution is 9.10. The number of hydrogen-bond acceptors (Lipinski definition) is 3. The molecule has 1 N–H and O–H groups in total. The van der Waals surface area contributed by atoms with Gasteiger partial charge in [-0.2, -0.15) is 18.4 Å². The molecule has 0 aliphatic carbocycles. The topological polar surface area (TPSA) is 73.5 Å². The lowest BCUT2D eigenvalue weighted by molar-refractivity contribution is -0.152. The van der Waals surface area contributed by atoms with Gasteiger partial charge in [0, 0.05) is 22.5 Å². The fourth-order valence-corrected chi connectivity index (χ4v) is 4.50. The highest BCUT2D eigenvalue weighted by atomic mass is 79.9. The quantitative estimate of drug-likeness (QED) is 0.512. The van der Waals surface area contributed by atoms with Gasteiger partial charge in [0.05, 0.1) is 29.0 Å². The van der Waals surface area contributed by atoms with Crippen LogP contribution >= 0.6 is 15.9 Å². The lowest BCUT2D eigenvalue weighted by Gasteiger charge is -2.44. The molecule has 0 amide bonds. The first kappa shape index (κ1) is 23.9. The van der Waals surface area contributed by atoms with Gasteiger partial charge in [-0.25, -0.2) is 4.39 Å². The van der Waals surface area contributed by atoms with E-state index >= 15 is 0 Å². The molecule has 2 aromatic carbocycles. The SMILES string of the molecule is CC1N=C(Cc2ccc(Br)cc2)C(C#N)C(c2ccc(F)cc2C(F)(F)F)C1(C)C(=O)O. The molecular weight excluding hydrogens is 492 g/mol. The van der Waals surface area contributed by atoms with E-state index in [0.29, 0.717) is 11.8 Å². The van der Waals surface area contributed by atoms with E-state index < -0.39 is 52.4 Å². The molecule has 0 saturated carbocycles. The van der Waals surface area contributed by atoms with Crippen molar-refractivity contribution in [1.29, 1.82) is 5.26 Å². The Hall–Kier alpha value is -2.73. The van der Waals surface area contributed by atoms with Gasteiger partial charge in [0.15, 0.2) is 0 Å². The van der Waals surface area contributed by atoms with Gasteiger partial charge < -0.3 is 5.11 Å². The van der Waals surface area contributed by atoms with E-state index in [4.69, 9.17) is 0 Å². The number of carboxylic acid groups (broad SMARTS) is 1. The zero-order chi connectivity index (χ0) is 23.8. The highest BCUT2D eigenvalue weighted by Gasteiger charge is 2.56. The third-order valence-corrected chi connectivity index (χ3v) is 6.65. The average Bonchev–Trinajstić information content (AvgIpc) is 2.71. The van der Waals surface area contributed by atoms with Crippen molar-refractivity contribution in [2.75, 3.05) is 0 Å².